The number of aromatic nitrogens is 2. The Bertz CT molecular complexity index is 939. The number of nitrogens with one attached hydrogen (secondary N) is 2. The van der Waals surface area contributed by atoms with Gasteiger partial charge in [-0.15, -0.1) is 0 Å². The molecule has 0 saturated heterocycles. The highest BCUT2D eigenvalue weighted by molar-refractivity contribution is 5.91. The maximum absolute atomic E-state index is 13.1. The number of fused-ring (bicyclic) bond motifs is 1. The first kappa shape index (κ1) is 17.5. The van der Waals surface area contributed by atoms with Crippen molar-refractivity contribution in [3.8, 4) is 0 Å². The second-order valence-electron chi connectivity index (χ2n) is 7.20. The van der Waals surface area contributed by atoms with Gasteiger partial charge in [0, 0.05) is 0 Å². The van der Waals surface area contributed by atoms with E-state index in [1.54, 1.807) is 6.21 Å². The molecule has 2 aromatic carbocycles. The van der Waals surface area contributed by atoms with Gasteiger partial charge < -0.3 is 10.3 Å². The monoisotopic (exact) mass is 360 g/mol. The van der Waals surface area contributed by atoms with Crippen molar-refractivity contribution in [1.82, 2.24) is 15.3 Å². The predicted molar refractivity (Wildman–Crippen MR) is 108 cm³/mol. The fraction of sp³-hybridized carbons (Fsp3) is 0.318. The molecular weight excluding hydrogens is 336 g/mol. The Labute approximate surface area is 158 Å². The van der Waals surface area contributed by atoms with Gasteiger partial charge in [-0.1, -0.05) is 42.5 Å². The lowest BCUT2D eigenvalue weighted by Crippen LogP contribution is -2.42. The average Bonchev–Trinajstić information content (AvgIpc) is 3.40. The molecule has 0 bridgehead atoms. The summed E-state index contributed by atoms with van der Waals surface area (Å²) in [4.78, 5) is 25.7. The molecule has 5 nitrogen and oxygen atoms in total. The van der Waals surface area contributed by atoms with Crippen molar-refractivity contribution >= 4 is 23.2 Å². The number of hydrogen-bond acceptors (Lipinski definition) is 3. The van der Waals surface area contributed by atoms with E-state index in [2.05, 4.69) is 20.3 Å². The third kappa shape index (κ3) is 3.25. The van der Waals surface area contributed by atoms with Gasteiger partial charge in [-0.2, -0.15) is 0 Å². The molecule has 0 aliphatic heterocycles. The van der Waals surface area contributed by atoms with Crippen LogP contribution in [0.25, 0.3) is 11.0 Å². The zero-order valence-corrected chi connectivity index (χ0v) is 15.6. The van der Waals surface area contributed by atoms with Gasteiger partial charge in [0.1, 0.15) is 11.9 Å². The van der Waals surface area contributed by atoms with Crippen molar-refractivity contribution in [3.05, 3.63) is 66.0 Å². The molecule has 1 amide bonds. The van der Waals surface area contributed by atoms with Crippen LogP contribution >= 0.6 is 0 Å². The van der Waals surface area contributed by atoms with Crippen LogP contribution in [0.4, 0.5) is 0 Å². The van der Waals surface area contributed by atoms with E-state index in [-0.39, 0.29) is 23.4 Å². The molecule has 138 valence electrons. The normalized spacial score (nSPS) is 17.7. The molecule has 2 unspecified atom stereocenters. The number of aliphatic imine (C=N–C) groups is 1. The first-order valence-corrected chi connectivity index (χ1v) is 9.43. The number of H-pyrrole nitrogens is 1. The molecule has 0 radical (unpaired) electrons. The first-order chi connectivity index (χ1) is 13.1. The van der Waals surface area contributed by atoms with Gasteiger partial charge in [0.05, 0.1) is 22.5 Å². The van der Waals surface area contributed by atoms with Crippen LogP contribution in [0.3, 0.4) is 0 Å². The number of aromatic amines is 1. The Morgan fingerprint density at radius 3 is 2.56 bits per heavy atom. The minimum Gasteiger partial charge on any atom is -0.350 e. The summed E-state index contributed by atoms with van der Waals surface area (Å²) in [5.74, 6) is 0.847. The summed E-state index contributed by atoms with van der Waals surface area (Å²) in [7, 11) is 0. The fourth-order valence-electron chi connectivity index (χ4n) is 3.66. The Morgan fingerprint density at radius 1 is 1.19 bits per heavy atom. The number of benzene rings is 2. The van der Waals surface area contributed by atoms with Gasteiger partial charge in [0.25, 0.3) is 0 Å². The smallest absolute Gasteiger partial charge is 0.230 e. The van der Waals surface area contributed by atoms with E-state index in [1.807, 2.05) is 68.4 Å². The summed E-state index contributed by atoms with van der Waals surface area (Å²) in [6.07, 6.45) is 3.55. The second kappa shape index (κ2) is 6.99. The van der Waals surface area contributed by atoms with Crippen LogP contribution in [-0.4, -0.2) is 28.1 Å². The second-order valence-corrected chi connectivity index (χ2v) is 7.20. The van der Waals surface area contributed by atoms with Gasteiger partial charge in [-0.25, -0.2) is 4.98 Å². The number of rotatable bonds is 6. The summed E-state index contributed by atoms with van der Waals surface area (Å²) in [6, 6.07) is 17.5. The summed E-state index contributed by atoms with van der Waals surface area (Å²) >= 11 is 0. The highest BCUT2D eigenvalue weighted by atomic mass is 16.2. The van der Waals surface area contributed by atoms with E-state index >= 15 is 0 Å². The number of carbonyl (C=O) groups is 1. The van der Waals surface area contributed by atoms with Crippen LogP contribution < -0.4 is 5.32 Å². The lowest BCUT2D eigenvalue weighted by molar-refractivity contribution is -0.124. The molecule has 1 aliphatic rings. The van der Waals surface area contributed by atoms with Gasteiger partial charge in [0.2, 0.25) is 5.91 Å². The fourth-order valence-corrected chi connectivity index (χ4v) is 3.66. The molecule has 1 aliphatic carbocycles. The third-order valence-electron chi connectivity index (χ3n) is 5.34. The minimum absolute atomic E-state index is 0.0774. The zero-order valence-electron chi connectivity index (χ0n) is 15.6. The molecule has 1 aromatic heterocycles. The van der Waals surface area contributed by atoms with E-state index < -0.39 is 0 Å². The molecule has 5 heteroatoms. The molecule has 4 rings (SSSR count). The third-order valence-corrected chi connectivity index (χ3v) is 5.34. The molecule has 1 fully saturated rings. The lowest BCUT2D eigenvalue weighted by atomic mass is 9.94. The summed E-state index contributed by atoms with van der Waals surface area (Å²) in [5, 5.41) is 3.20. The maximum Gasteiger partial charge on any atom is 0.230 e. The van der Waals surface area contributed by atoms with E-state index in [1.165, 1.54) is 0 Å². The van der Waals surface area contributed by atoms with Gasteiger partial charge in [-0.3, -0.25) is 9.79 Å². The topological polar surface area (TPSA) is 70.1 Å². The Hall–Kier alpha value is -2.95. The molecule has 1 heterocycles. The highest BCUT2D eigenvalue weighted by Gasteiger charge is 2.51. The quantitative estimate of drug-likeness (QED) is 0.654. The van der Waals surface area contributed by atoms with Crippen molar-refractivity contribution in [2.75, 3.05) is 0 Å². The molecule has 27 heavy (non-hydrogen) atoms. The largest absolute Gasteiger partial charge is 0.350 e. The van der Waals surface area contributed by atoms with Gasteiger partial charge in [-0.05, 0) is 50.6 Å². The first-order valence-electron chi connectivity index (χ1n) is 9.43. The molecule has 3 aromatic rings. The standard InChI is InChI=1S/C22H24N4O/c1-3-23-19(20-25-17-11-7-8-12-18(17)26-20)15(2)24-21(27)22(13-14-22)16-9-5-4-6-10-16/h3-12,15,19H,13-14H2,1-2H3,(H,24,27)(H,25,26). The highest BCUT2D eigenvalue weighted by Crippen LogP contribution is 2.48. The number of hydrogen-bond donors (Lipinski definition) is 2. The SMILES string of the molecule is CC=NC(c1nc2ccccc2[nH]1)C(C)NC(=O)C1(c2ccccc2)CC1. The Morgan fingerprint density at radius 2 is 1.89 bits per heavy atom. The Balaban J connectivity index is 1.56. The molecule has 1 saturated carbocycles. The van der Waals surface area contributed by atoms with Crippen LogP contribution in [0.2, 0.25) is 0 Å². The number of nitrogens with zero attached hydrogens (tertiary/aromatic N) is 2. The van der Waals surface area contributed by atoms with E-state index in [4.69, 9.17) is 0 Å². The predicted octanol–water partition coefficient (Wildman–Crippen LogP) is 3.93. The zero-order chi connectivity index (χ0) is 18.9. The van der Waals surface area contributed by atoms with Crippen molar-refractivity contribution in [2.24, 2.45) is 4.99 Å². The van der Waals surface area contributed by atoms with Crippen molar-refractivity contribution in [2.45, 2.75) is 44.2 Å². The van der Waals surface area contributed by atoms with Crippen LogP contribution in [0.5, 0.6) is 0 Å². The van der Waals surface area contributed by atoms with E-state index in [0.29, 0.717) is 0 Å². The summed E-state index contributed by atoms with van der Waals surface area (Å²) < 4.78 is 0. The molecule has 2 N–H and O–H groups in total. The molecular formula is C22H24N4O. The van der Waals surface area contributed by atoms with Crippen molar-refractivity contribution in [3.63, 3.8) is 0 Å². The maximum atomic E-state index is 13.1. The lowest BCUT2D eigenvalue weighted by Gasteiger charge is -2.23. The summed E-state index contributed by atoms with van der Waals surface area (Å²) in [6.45, 7) is 3.88. The van der Waals surface area contributed by atoms with Crippen LogP contribution in [0, 0.1) is 0 Å². The number of para-hydroxylation sites is 2. The average molecular weight is 360 g/mol. The van der Waals surface area contributed by atoms with E-state index in [9.17, 15) is 4.79 Å². The number of amides is 1. The van der Waals surface area contributed by atoms with Crippen LogP contribution in [0.1, 0.15) is 44.1 Å². The summed E-state index contributed by atoms with van der Waals surface area (Å²) in [5.41, 5.74) is 2.59. The van der Waals surface area contributed by atoms with E-state index in [0.717, 1.165) is 35.3 Å². The van der Waals surface area contributed by atoms with Crippen LogP contribution in [-0.2, 0) is 10.2 Å². The van der Waals surface area contributed by atoms with Crippen molar-refractivity contribution < 1.29 is 4.79 Å². The number of carbonyl (C=O) groups excluding carboxylic acids is 1. The molecule has 2 atom stereocenters. The van der Waals surface area contributed by atoms with Crippen LogP contribution in [0.15, 0.2) is 59.6 Å². The number of imidazole rings is 1. The Kier molecular flexibility index (Phi) is 4.52. The van der Waals surface area contributed by atoms with Crippen molar-refractivity contribution in [1.29, 1.82) is 0 Å². The van der Waals surface area contributed by atoms with Gasteiger partial charge in [0.15, 0.2) is 0 Å². The molecule has 0 spiro atoms. The van der Waals surface area contributed by atoms with Gasteiger partial charge >= 0.3 is 0 Å². The minimum atomic E-state index is -0.385.